The molecular weight excluding hydrogens is 334 g/mol. The van der Waals surface area contributed by atoms with Crippen molar-refractivity contribution in [2.24, 2.45) is 0 Å². The van der Waals surface area contributed by atoms with Crippen LogP contribution in [0.15, 0.2) is 42.5 Å². The number of nitrogens with zero attached hydrogens (tertiary/aromatic N) is 1. The van der Waals surface area contributed by atoms with Gasteiger partial charge in [0.15, 0.2) is 0 Å². The summed E-state index contributed by atoms with van der Waals surface area (Å²) in [5.74, 6) is 0.534. The Morgan fingerprint density at radius 3 is 2.46 bits per heavy atom. The topological polar surface area (TPSA) is 91.8 Å². The van der Waals surface area contributed by atoms with Gasteiger partial charge in [-0.15, -0.1) is 0 Å². The highest BCUT2D eigenvalue weighted by Crippen LogP contribution is 2.20. The molecule has 1 heterocycles. The Morgan fingerprint density at radius 1 is 1.12 bits per heavy atom. The van der Waals surface area contributed by atoms with Crippen LogP contribution in [0.1, 0.15) is 11.3 Å². The van der Waals surface area contributed by atoms with E-state index in [0.29, 0.717) is 17.3 Å². The Labute approximate surface area is 140 Å². The van der Waals surface area contributed by atoms with Gasteiger partial charge in [-0.25, -0.2) is 4.98 Å². The van der Waals surface area contributed by atoms with Crippen molar-refractivity contribution in [2.45, 2.75) is 13.0 Å². The third kappa shape index (κ3) is 5.98. The van der Waals surface area contributed by atoms with Crippen LogP contribution in [0.3, 0.4) is 0 Å². The zero-order valence-corrected chi connectivity index (χ0v) is 14.1. The Bertz CT molecular complexity index is 802. The van der Waals surface area contributed by atoms with Crippen LogP contribution in [0.5, 0.6) is 11.6 Å². The lowest BCUT2D eigenvalue weighted by Crippen LogP contribution is -2.04. The van der Waals surface area contributed by atoms with Crippen LogP contribution < -0.4 is 4.74 Å². The third-order valence-corrected chi connectivity index (χ3v) is 3.47. The molecule has 0 N–H and O–H groups in total. The lowest BCUT2D eigenvalue weighted by Gasteiger charge is -2.07. The quantitative estimate of drug-likeness (QED) is 0.557. The Balaban J connectivity index is 2.01. The first-order valence-corrected chi connectivity index (χ1v) is 8.81. The summed E-state index contributed by atoms with van der Waals surface area (Å²) in [5.41, 5.74) is 1.23. The van der Waals surface area contributed by atoms with Crippen LogP contribution >= 0.6 is 0 Å². The zero-order chi connectivity index (χ0) is 17.6. The normalized spacial score (nSPS) is 11.1. The van der Waals surface area contributed by atoms with Crippen molar-refractivity contribution in [3.05, 3.63) is 53.7 Å². The highest BCUT2D eigenvalue weighted by Gasteiger charge is 2.07. The molecule has 0 saturated heterocycles. The van der Waals surface area contributed by atoms with Crippen molar-refractivity contribution in [3.8, 4) is 11.6 Å². The van der Waals surface area contributed by atoms with E-state index in [9.17, 15) is 13.2 Å². The largest absolute Gasteiger partial charge is 0.469 e. The molecule has 0 aliphatic rings. The van der Waals surface area contributed by atoms with Gasteiger partial charge in [0.05, 0.1) is 25.5 Å². The van der Waals surface area contributed by atoms with Crippen LogP contribution in [-0.2, 0) is 36.9 Å². The molecule has 24 heavy (non-hydrogen) atoms. The van der Waals surface area contributed by atoms with E-state index in [1.54, 1.807) is 42.5 Å². The Morgan fingerprint density at radius 2 is 1.83 bits per heavy atom. The number of benzene rings is 1. The molecule has 7 nitrogen and oxygen atoms in total. The van der Waals surface area contributed by atoms with E-state index in [2.05, 4.69) is 9.72 Å². The maximum absolute atomic E-state index is 11.2. The molecule has 0 radical (unpaired) electrons. The number of hydrogen-bond donors (Lipinski definition) is 0. The van der Waals surface area contributed by atoms with Gasteiger partial charge in [-0.05, 0) is 23.8 Å². The van der Waals surface area contributed by atoms with E-state index >= 15 is 0 Å². The molecule has 0 saturated carbocycles. The minimum Gasteiger partial charge on any atom is -0.469 e. The van der Waals surface area contributed by atoms with Crippen molar-refractivity contribution in [1.82, 2.24) is 4.98 Å². The molecule has 2 aromatic rings. The molecule has 0 atom stereocenters. The molecule has 128 valence electrons. The summed E-state index contributed by atoms with van der Waals surface area (Å²) < 4.78 is 36.9. The van der Waals surface area contributed by atoms with Gasteiger partial charge >= 0.3 is 5.97 Å². The van der Waals surface area contributed by atoms with E-state index in [1.165, 1.54) is 7.11 Å². The van der Waals surface area contributed by atoms with Gasteiger partial charge in [-0.2, -0.15) is 8.42 Å². The van der Waals surface area contributed by atoms with Gasteiger partial charge in [-0.3, -0.25) is 8.98 Å². The van der Waals surface area contributed by atoms with E-state index < -0.39 is 10.1 Å². The van der Waals surface area contributed by atoms with Gasteiger partial charge in [0.1, 0.15) is 12.4 Å². The number of esters is 1. The molecule has 0 bridgehead atoms. The predicted molar refractivity (Wildman–Crippen MR) is 86.1 cm³/mol. The first-order chi connectivity index (χ1) is 11.4. The molecule has 0 unspecified atom stereocenters. The van der Waals surface area contributed by atoms with Crippen LogP contribution in [-0.4, -0.2) is 32.7 Å². The number of aromatic nitrogens is 1. The maximum atomic E-state index is 11.2. The average Bonchev–Trinajstić information content (AvgIpc) is 2.54. The number of ether oxygens (including phenoxy) is 2. The molecule has 0 amide bonds. The number of hydrogen-bond acceptors (Lipinski definition) is 7. The molecule has 0 fully saturated rings. The summed E-state index contributed by atoms with van der Waals surface area (Å²) in [6, 6.07) is 11.9. The first-order valence-electron chi connectivity index (χ1n) is 6.99. The molecule has 1 aromatic carbocycles. The zero-order valence-electron chi connectivity index (χ0n) is 13.3. The van der Waals surface area contributed by atoms with Crippen LogP contribution in [0, 0.1) is 0 Å². The van der Waals surface area contributed by atoms with Crippen molar-refractivity contribution in [1.29, 1.82) is 0 Å². The van der Waals surface area contributed by atoms with Crippen molar-refractivity contribution in [3.63, 3.8) is 0 Å². The summed E-state index contributed by atoms with van der Waals surface area (Å²) in [7, 11) is -2.19. The van der Waals surface area contributed by atoms with Gasteiger partial charge < -0.3 is 9.47 Å². The molecule has 0 aliphatic carbocycles. The molecule has 0 aliphatic heterocycles. The summed E-state index contributed by atoms with van der Waals surface area (Å²) in [6.45, 7) is -0.159. The monoisotopic (exact) mass is 351 g/mol. The third-order valence-electron chi connectivity index (χ3n) is 2.92. The van der Waals surface area contributed by atoms with Crippen molar-refractivity contribution >= 4 is 16.1 Å². The first kappa shape index (κ1) is 17.9. The second kappa shape index (κ2) is 7.89. The molecule has 0 spiro atoms. The van der Waals surface area contributed by atoms with Crippen molar-refractivity contribution < 1.29 is 26.9 Å². The van der Waals surface area contributed by atoms with E-state index in [1.807, 2.05) is 0 Å². The molecule has 2 rings (SSSR count). The van der Waals surface area contributed by atoms with Crippen LogP contribution in [0.25, 0.3) is 0 Å². The fourth-order valence-electron chi connectivity index (χ4n) is 1.80. The summed E-state index contributed by atoms with van der Waals surface area (Å²) in [6.07, 6.45) is 1.16. The average molecular weight is 351 g/mol. The summed E-state index contributed by atoms with van der Waals surface area (Å²) in [4.78, 5) is 15.4. The molecule has 1 aromatic heterocycles. The minimum atomic E-state index is -3.53. The van der Waals surface area contributed by atoms with Gasteiger partial charge in [0, 0.05) is 6.07 Å². The van der Waals surface area contributed by atoms with Crippen molar-refractivity contribution in [2.75, 3.05) is 13.4 Å². The molecule has 8 heteroatoms. The number of rotatable bonds is 7. The number of carbonyl (C=O) groups excluding carboxylic acids is 1. The lowest BCUT2D eigenvalue weighted by atomic mass is 10.1. The van der Waals surface area contributed by atoms with Gasteiger partial charge in [0.25, 0.3) is 10.1 Å². The number of methoxy groups -OCH3 is 1. The van der Waals surface area contributed by atoms with Crippen LogP contribution in [0.2, 0.25) is 0 Å². The lowest BCUT2D eigenvalue weighted by molar-refractivity contribution is -0.139. The van der Waals surface area contributed by atoms with Gasteiger partial charge in [0.2, 0.25) is 5.88 Å². The minimum absolute atomic E-state index is 0.159. The number of pyridine rings is 1. The van der Waals surface area contributed by atoms with E-state index in [4.69, 9.17) is 8.92 Å². The van der Waals surface area contributed by atoms with Crippen LogP contribution in [0.4, 0.5) is 0 Å². The standard InChI is InChI=1S/C16H17NO6S/c1-21-16(18)10-12-6-8-14(9-7-12)23-15-5-3-4-13(17-15)11-22-24(2,19)20/h3-9H,10-11H2,1-2H3. The Hall–Kier alpha value is -2.45. The predicted octanol–water partition coefficient (Wildman–Crippen LogP) is 2.07. The highest BCUT2D eigenvalue weighted by atomic mass is 32.2. The fraction of sp³-hybridized carbons (Fsp3) is 0.250. The smallest absolute Gasteiger partial charge is 0.309 e. The number of carbonyl (C=O) groups is 1. The van der Waals surface area contributed by atoms with E-state index in [0.717, 1.165) is 11.8 Å². The second-order valence-electron chi connectivity index (χ2n) is 4.93. The molecular formula is C16H17NO6S. The maximum Gasteiger partial charge on any atom is 0.309 e. The SMILES string of the molecule is COC(=O)Cc1ccc(Oc2cccc(COS(C)(=O)=O)n2)cc1. The second-order valence-corrected chi connectivity index (χ2v) is 6.58. The summed E-state index contributed by atoms with van der Waals surface area (Å²) >= 11 is 0. The fourth-order valence-corrected chi connectivity index (χ4v) is 2.13. The Kier molecular flexibility index (Phi) is 5.88. The van der Waals surface area contributed by atoms with E-state index in [-0.39, 0.29) is 19.0 Å². The highest BCUT2D eigenvalue weighted by molar-refractivity contribution is 7.85. The summed E-state index contributed by atoms with van der Waals surface area (Å²) in [5, 5.41) is 0. The van der Waals surface area contributed by atoms with Gasteiger partial charge in [-0.1, -0.05) is 18.2 Å².